The van der Waals surface area contributed by atoms with Crippen LogP contribution in [0.3, 0.4) is 0 Å². The van der Waals surface area contributed by atoms with Crippen molar-refractivity contribution in [2.24, 2.45) is 11.3 Å². The van der Waals surface area contributed by atoms with Crippen LogP contribution in [0.2, 0.25) is 0 Å². The van der Waals surface area contributed by atoms with Crippen LogP contribution in [0, 0.1) is 11.3 Å². The van der Waals surface area contributed by atoms with Crippen molar-refractivity contribution in [2.75, 3.05) is 19.0 Å². The van der Waals surface area contributed by atoms with E-state index in [1.54, 1.807) is 40.0 Å². The van der Waals surface area contributed by atoms with E-state index in [2.05, 4.69) is 11.9 Å². The third kappa shape index (κ3) is 5.30. The van der Waals surface area contributed by atoms with E-state index in [4.69, 9.17) is 9.47 Å². The van der Waals surface area contributed by atoms with E-state index < -0.39 is 23.2 Å². The fourth-order valence-electron chi connectivity index (χ4n) is 5.17. The van der Waals surface area contributed by atoms with Gasteiger partial charge in [-0.1, -0.05) is 54.6 Å². The summed E-state index contributed by atoms with van der Waals surface area (Å²) in [6.07, 6.45) is 1.48. The van der Waals surface area contributed by atoms with Gasteiger partial charge in [0.15, 0.2) is 0 Å². The van der Waals surface area contributed by atoms with Crippen LogP contribution >= 0.6 is 0 Å². The molecule has 4 rings (SSSR count). The molecule has 1 N–H and O–H groups in total. The normalized spacial score (nSPS) is 21.9. The Kier molecular flexibility index (Phi) is 6.94. The number of ether oxygens (including phenoxy) is 2. The van der Waals surface area contributed by atoms with E-state index in [0.717, 1.165) is 17.6 Å². The van der Waals surface area contributed by atoms with Gasteiger partial charge in [0.1, 0.15) is 11.6 Å². The number of cyclic esters (lactones) is 1. The lowest BCUT2D eigenvalue weighted by atomic mass is 9.75. The van der Waals surface area contributed by atoms with E-state index in [-0.39, 0.29) is 17.8 Å². The maximum absolute atomic E-state index is 13.4. The number of nitrogens with one attached hydrogen (secondary N) is 1. The van der Waals surface area contributed by atoms with Gasteiger partial charge in [-0.2, -0.15) is 0 Å². The molecule has 2 aliphatic rings. The predicted molar refractivity (Wildman–Crippen MR) is 137 cm³/mol. The molecule has 1 heterocycles. The van der Waals surface area contributed by atoms with Crippen LogP contribution in [-0.2, 0) is 25.5 Å². The predicted octanol–water partition coefficient (Wildman–Crippen LogP) is 5.29. The largest absolute Gasteiger partial charge is 0.465 e. The molecule has 7 nitrogen and oxygen atoms in total. The monoisotopic (exact) mass is 490 g/mol. The number of nitrogens with zero attached hydrogens (tertiary/aromatic N) is 1. The van der Waals surface area contributed by atoms with Gasteiger partial charge in [0, 0.05) is 18.7 Å². The van der Waals surface area contributed by atoms with Crippen LogP contribution in [0.25, 0.3) is 0 Å². The first-order valence-corrected chi connectivity index (χ1v) is 12.2. The molecule has 3 unspecified atom stereocenters. The lowest BCUT2D eigenvalue weighted by Gasteiger charge is -2.30. The Hall–Kier alpha value is -3.61. The molecule has 1 saturated heterocycles. The third-order valence-electron chi connectivity index (χ3n) is 6.88. The zero-order valence-electron chi connectivity index (χ0n) is 21.4. The molecule has 1 saturated carbocycles. The molecule has 36 heavy (non-hydrogen) atoms. The van der Waals surface area contributed by atoms with Gasteiger partial charge in [-0.15, -0.1) is 0 Å². The molecule has 1 aliphatic heterocycles. The van der Waals surface area contributed by atoms with Crippen LogP contribution in [0.4, 0.5) is 10.5 Å². The van der Waals surface area contributed by atoms with E-state index >= 15 is 0 Å². The summed E-state index contributed by atoms with van der Waals surface area (Å²) in [5.41, 5.74) is 2.15. The maximum Gasteiger partial charge on any atom is 0.410 e. The number of carbonyl (C=O) groups excluding carboxylic acids is 3. The molecule has 7 heteroatoms. The number of rotatable bonds is 6. The zero-order chi connectivity index (χ0) is 26.1. The summed E-state index contributed by atoms with van der Waals surface area (Å²) >= 11 is 0. The van der Waals surface area contributed by atoms with Crippen molar-refractivity contribution in [1.82, 2.24) is 4.90 Å². The highest BCUT2D eigenvalue weighted by molar-refractivity contribution is 5.97. The molecule has 0 bridgehead atoms. The maximum atomic E-state index is 13.4. The summed E-state index contributed by atoms with van der Waals surface area (Å²) in [4.78, 5) is 40.0. The summed E-state index contributed by atoms with van der Waals surface area (Å²) in [7, 11) is 1.56. The molecular formula is C29H34N2O5. The Labute approximate surface area is 212 Å². The van der Waals surface area contributed by atoms with Crippen LogP contribution in [-0.4, -0.2) is 42.1 Å². The summed E-state index contributed by atoms with van der Waals surface area (Å²) < 4.78 is 10.9. The fourth-order valence-corrected chi connectivity index (χ4v) is 5.17. The van der Waals surface area contributed by atoms with Crippen molar-refractivity contribution in [2.45, 2.75) is 51.7 Å². The van der Waals surface area contributed by atoms with Crippen LogP contribution in [0.1, 0.15) is 50.8 Å². The Bertz CT molecular complexity index is 1150. The number of likely N-dealkylation sites (N-methyl/N-ethyl adjacent to an activating group) is 1. The minimum atomic E-state index is -0.877. The van der Waals surface area contributed by atoms with Gasteiger partial charge in [-0.05, 0) is 63.3 Å². The quantitative estimate of drug-likeness (QED) is 0.440. The lowest BCUT2D eigenvalue weighted by molar-refractivity contribution is -0.146. The standard InChI is InChI=1S/C29H34N2O5/c1-19-15-22-18-35-26(33)29(22,16-19)17-20-11-13-23(14-12-20)30-25(32)24(21-9-7-6-8-10-21)31(5)27(34)36-28(2,3)4/h6-14,22,24H,1,15-18H2,2-5H3,(H,30,32). The fraction of sp³-hybridized carbons (Fsp3) is 0.414. The molecule has 2 aromatic rings. The van der Waals surface area contributed by atoms with Crippen molar-refractivity contribution < 1.29 is 23.9 Å². The van der Waals surface area contributed by atoms with Gasteiger partial charge >= 0.3 is 12.1 Å². The van der Waals surface area contributed by atoms with E-state index in [1.807, 2.05) is 42.5 Å². The van der Waals surface area contributed by atoms with Crippen molar-refractivity contribution in [3.8, 4) is 0 Å². The first-order valence-electron chi connectivity index (χ1n) is 12.2. The number of hydrogen-bond donors (Lipinski definition) is 1. The minimum Gasteiger partial charge on any atom is -0.465 e. The topological polar surface area (TPSA) is 84.9 Å². The number of esters is 1. The van der Waals surface area contributed by atoms with Gasteiger partial charge < -0.3 is 14.8 Å². The first-order chi connectivity index (χ1) is 17.0. The number of allylic oxidation sites excluding steroid dienone is 1. The molecule has 190 valence electrons. The van der Waals surface area contributed by atoms with Crippen molar-refractivity contribution >= 4 is 23.7 Å². The second-order valence-electron chi connectivity index (χ2n) is 10.8. The number of carbonyl (C=O) groups is 3. The van der Waals surface area contributed by atoms with Crippen LogP contribution in [0.15, 0.2) is 66.7 Å². The van der Waals surface area contributed by atoms with Crippen molar-refractivity contribution in [1.29, 1.82) is 0 Å². The number of hydrogen-bond acceptors (Lipinski definition) is 5. The number of anilines is 1. The Morgan fingerprint density at radius 1 is 1.17 bits per heavy atom. The Morgan fingerprint density at radius 2 is 1.83 bits per heavy atom. The molecule has 0 spiro atoms. The second kappa shape index (κ2) is 9.80. The van der Waals surface area contributed by atoms with Crippen LogP contribution < -0.4 is 5.32 Å². The highest BCUT2D eigenvalue weighted by Gasteiger charge is 2.55. The molecule has 2 amide bonds. The van der Waals surface area contributed by atoms with E-state index in [1.165, 1.54) is 4.90 Å². The number of fused-ring (bicyclic) bond motifs is 1. The van der Waals surface area contributed by atoms with Gasteiger partial charge in [0.05, 0.1) is 12.0 Å². The van der Waals surface area contributed by atoms with Crippen molar-refractivity contribution in [3.05, 3.63) is 77.9 Å². The zero-order valence-corrected chi connectivity index (χ0v) is 21.4. The smallest absolute Gasteiger partial charge is 0.410 e. The van der Waals surface area contributed by atoms with Crippen LogP contribution in [0.5, 0.6) is 0 Å². The summed E-state index contributed by atoms with van der Waals surface area (Å²) in [6, 6.07) is 15.7. The van der Waals surface area contributed by atoms with E-state index in [9.17, 15) is 14.4 Å². The third-order valence-corrected chi connectivity index (χ3v) is 6.88. The molecule has 2 aromatic carbocycles. The van der Waals surface area contributed by atoms with Gasteiger partial charge in [0.25, 0.3) is 5.91 Å². The molecular weight excluding hydrogens is 456 g/mol. The average Bonchev–Trinajstić information content (AvgIpc) is 3.28. The first kappa shape index (κ1) is 25.5. The Balaban J connectivity index is 1.50. The molecule has 3 atom stereocenters. The Morgan fingerprint density at radius 3 is 2.47 bits per heavy atom. The summed E-state index contributed by atoms with van der Waals surface area (Å²) in [5.74, 6) is -0.321. The SMILES string of the molecule is C=C1CC2COC(=O)C2(Cc2ccc(NC(=O)C(c3ccccc3)N(C)C(=O)OC(C)(C)C)cc2)C1. The highest BCUT2D eigenvalue weighted by Crippen LogP contribution is 2.52. The number of benzene rings is 2. The summed E-state index contributed by atoms with van der Waals surface area (Å²) in [5, 5.41) is 2.93. The second-order valence-corrected chi connectivity index (χ2v) is 10.8. The molecule has 2 fully saturated rings. The molecule has 0 aromatic heterocycles. The summed E-state index contributed by atoms with van der Waals surface area (Å²) in [6.45, 7) is 9.91. The van der Waals surface area contributed by atoms with Gasteiger partial charge in [-0.25, -0.2) is 4.79 Å². The van der Waals surface area contributed by atoms with Gasteiger partial charge in [0.2, 0.25) is 0 Å². The highest BCUT2D eigenvalue weighted by atomic mass is 16.6. The minimum absolute atomic E-state index is 0.139. The molecule has 1 aliphatic carbocycles. The molecule has 0 radical (unpaired) electrons. The number of amides is 2. The van der Waals surface area contributed by atoms with Gasteiger partial charge in [-0.3, -0.25) is 14.5 Å². The van der Waals surface area contributed by atoms with Crippen molar-refractivity contribution in [3.63, 3.8) is 0 Å². The lowest BCUT2D eigenvalue weighted by Crippen LogP contribution is -2.41. The average molecular weight is 491 g/mol. The van der Waals surface area contributed by atoms with E-state index in [0.29, 0.717) is 30.7 Å².